The van der Waals surface area contributed by atoms with E-state index in [-0.39, 0.29) is 16.7 Å². The molecular formula is C12H17Br2NO2S. The van der Waals surface area contributed by atoms with Crippen LogP contribution in [0.3, 0.4) is 0 Å². The topological polar surface area (TPSA) is 60.2 Å². The Balaban J connectivity index is 3.90. The monoisotopic (exact) mass is 397 g/mol. The number of sulfonamides is 1. The van der Waals surface area contributed by atoms with Crippen molar-refractivity contribution >= 4 is 41.9 Å². The fourth-order valence-electron chi connectivity index (χ4n) is 2.01. The van der Waals surface area contributed by atoms with E-state index < -0.39 is 10.0 Å². The van der Waals surface area contributed by atoms with Gasteiger partial charge in [-0.05, 0) is 29.0 Å². The lowest BCUT2D eigenvalue weighted by molar-refractivity contribution is 0.592. The van der Waals surface area contributed by atoms with Gasteiger partial charge in [-0.2, -0.15) is 0 Å². The highest BCUT2D eigenvalue weighted by Gasteiger charge is 2.26. The van der Waals surface area contributed by atoms with Crippen molar-refractivity contribution in [2.24, 2.45) is 5.14 Å². The zero-order chi connectivity index (χ0) is 14.2. The van der Waals surface area contributed by atoms with E-state index in [1.807, 2.05) is 33.8 Å². The second-order valence-corrected chi connectivity index (χ2v) is 8.06. The van der Waals surface area contributed by atoms with Gasteiger partial charge in [0.15, 0.2) is 0 Å². The van der Waals surface area contributed by atoms with Gasteiger partial charge in [-0.25, -0.2) is 13.6 Å². The number of primary sulfonamides is 1. The van der Waals surface area contributed by atoms with Crippen LogP contribution in [0.15, 0.2) is 19.9 Å². The summed E-state index contributed by atoms with van der Waals surface area (Å²) in [5.74, 6) is 0.136. The Hall–Kier alpha value is 0.0900. The molecule has 0 aliphatic carbocycles. The van der Waals surface area contributed by atoms with Crippen molar-refractivity contribution in [3.8, 4) is 0 Å². The first-order valence-corrected chi connectivity index (χ1v) is 8.75. The lowest BCUT2D eigenvalue weighted by Gasteiger charge is -2.21. The minimum atomic E-state index is -3.76. The Bertz CT molecular complexity index is 534. The fraction of sp³-hybridized carbons (Fsp3) is 0.500. The van der Waals surface area contributed by atoms with E-state index in [0.29, 0.717) is 0 Å². The molecule has 1 aromatic carbocycles. The van der Waals surface area contributed by atoms with Crippen LogP contribution < -0.4 is 5.14 Å². The predicted octanol–water partition coefficient (Wildman–Crippen LogP) is 4.11. The molecule has 3 nitrogen and oxygen atoms in total. The summed E-state index contributed by atoms with van der Waals surface area (Å²) in [6, 6.07) is 1.89. The normalized spacial score (nSPS) is 12.5. The second kappa shape index (κ2) is 5.61. The van der Waals surface area contributed by atoms with Gasteiger partial charge in [0.05, 0.1) is 4.90 Å². The summed E-state index contributed by atoms with van der Waals surface area (Å²) < 4.78 is 25.4. The first kappa shape index (κ1) is 16.1. The molecule has 0 fully saturated rings. The molecule has 0 saturated carbocycles. The zero-order valence-corrected chi connectivity index (χ0v) is 14.8. The maximum absolute atomic E-state index is 11.9. The minimum absolute atomic E-state index is 0.0679. The Morgan fingerprint density at radius 3 is 1.56 bits per heavy atom. The molecule has 0 aliphatic heterocycles. The molecule has 0 spiro atoms. The van der Waals surface area contributed by atoms with E-state index in [2.05, 4.69) is 31.9 Å². The van der Waals surface area contributed by atoms with E-state index in [4.69, 9.17) is 5.14 Å². The SMILES string of the molecule is CC(C)c1c(Br)cc(Br)c(C(C)C)c1S(N)(=O)=O. The van der Waals surface area contributed by atoms with Crippen molar-refractivity contribution in [3.63, 3.8) is 0 Å². The summed E-state index contributed by atoms with van der Waals surface area (Å²) in [5, 5.41) is 5.40. The van der Waals surface area contributed by atoms with Crippen LogP contribution in [0.25, 0.3) is 0 Å². The number of hydrogen-bond acceptors (Lipinski definition) is 2. The van der Waals surface area contributed by atoms with Crippen molar-refractivity contribution in [1.29, 1.82) is 0 Å². The molecule has 0 heterocycles. The molecule has 0 amide bonds. The Morgan fingerprint density at radius 2 is 1.33 bits per heavy atom. The van der Waals surface area contributed by atoms with Crippen LogP contribution in [-0.2, 0) is 10.0 Å². The van der Waals surface area contributed by atoms with Crippen molar-refractivity contribution in [2.45, 2.75) is 44.4 Å². The summed E-state index contributed by atoms with van der Waals surface area (Å²) in [6.45, 7) is 7.80. The molecule has 0 aliphatic rings. The third-order valence-electron chi connectivity index (χ3n) is 2.70. The van der Waals surface area contributed by atoms with Crippen LogP contribution in [0.5, 0.6) is 0 Å². The summed E-state index contributed by atoms with van der Waals surface area (Å²) in [5.41, 5.74) is 1.48. The lowest BCUT2D eigenvalue weighted by atomic mass is 9.95. The molecule has 1 rings (SSSR count). The highest BCUT2D eigenvalue weighted by atomic mass is 79.9. The molecule has 1 aromatic rings. The number of halogens is 2. The van der Waals surface area contributed by atoms with Crippen LogP contribution in [-0.4, -0.2) is 8.42 Å². The van der Waals surface area contributed by atoms with Gasteiger partial charge in [-0.15, -0.1) is 0 Å². The Morgan fingerprint density at radius 1 is 1.00 bits per heavy atom. The quantitative estimate of drug-likeness (QED) is 0.832. The molecule has 0 atom stereocenters. The summed E-state index contributed by atoms with van der Waals surface area (Å²) in [6.07, 6.45) is 0. The Kier molecular flexibility index (Phi) is 5.03. The maximum Gasteiger partial charge on any atom is 0.238 e. The number of benzene rings is 1. The molecular weight excluding hydrogens is 382 g/mol. The molecule has 0 radical (unpaired) electrons. The van der Waals surface area contributed by atoms with Crippen molar-refractivity contribution in [1.82, 2.24) is 0 Å². The molecule has 6 heteroatoms. The van der Waals surface area contributed by atoms with Crippen LogP contribution in [0, 0.1) is 0 Å². The third kappa shape index (κ3) is 3.15. The molecule has 102 valence electrons. The zero-order valence-electron chi connectivity index (χ0n) is 10.8. The largest absolute Gasteiger partial charge is 0.238 e. The van der Waals surface area contributed by atoms with Crippen LogP contribution in [0.1, 0.15) is 50.7 Å². The average Bonchev–Trinajstić information content (AvgIpc) is 2.13. The lowest BCUT2D eigenvalue weighted by Crippen LogP contribution is -2.19. The molecule has 0 bridgehead atoms. The van der Waals surface area contributed by atoms with Crippen molar-refractivity contribution in [2.75, 3.05) is 0 Å². The Labute approximate surface area is 125 Å². The highest BCUT2D eigenvalue weighted by Crippen LogP contribution is 2.40. The fourth-order valence-corrected chi connectivity index (χ4v) is 5.66. The van der Waals surface area contributed by atoms with Gasteiger partial charge < -0.3 is 0 Å². The van der Waals surface area contributed by atoms with Crippen molar-refractivity contribution < 1.29 is 8.42 Å². The first-order valence-electron chi connectivity index (χ1n) is 5.62. The molecule has 2 N–H and O–H groups in total. The van der Waals surface area contributed by atoms with E-state index in [1.165, 1.54) is 0 Å². The first-order chi connectivity index (χ1) is 8.07. The maximum atomic E-state index is 11.9. The van der Waals surface area contributed by atoms with Crippen molar-refractivity contribution in [3.05, 3.63) is 26.1 Å². The minimum Gasteiger partial charge on any atom is -0.225 e. The molecule has 0 saturated heterocycles. The standard InChI is InChI=1S/C12H17Br2NO2S/c1-6(2)10-8(13)5-9(14)11(7(3)4)12(10)18(15,16)17/h5-7H,1-4H3,(H2,15,16,17). The second-order valence-electron chi connectivity index (χ2n) is 4.85. The van der Waals surface area contributed by atoms with E-state index in [9.17, 15) is 8.42 Å². The smallest absolute Gasteiger partial charge is 0.225 e. The van der Waals surface area contributed by atoms with Gasteiger partial charge in [0.25, 0.3) is 0 Å². The van der Waals surface area contributed by atoms with Gasteiger partial charge in [-0.3, -0.25) is 0 Å². The van der Waals surface area contributed by atoms with E-state index in [1.54, 1.807) is 0 Å². The molecule has 18 heavy (non-hydrogen) atoms. The summed E-state index contributed by atoms with van der Waals surface area (Å²) in [7, 11) is -3.76. The van der Waals surface area contributed by atoms with Gasteiger partial charge in [0, 0.05) is 8.95 Å². The average molecular weight is 399 g/mol. The van der Waals surface area contributed by atoms with Gasteiger partial charge in [0.2, 0.25) is 10.0 Å². The van der Waals surface area contributed by atoms with Crippen LogP contribution in [0.2, 0.25) is 0 Å². The molecule has 0 unspecified atom stereocenters. The van der Waals surface area contributed by atoms with Crippen LogP contribution >= 0.6 is 31.9 Å². The van der Waals surface area contributed by atoms with Gasteiger partial charge >= 0.3 is 0 Å². The third-order valence-corrected chi connectivity index (χ3v) is 5.02. The molecule has 0 aromatic heterocycles. The number of nitrogens with two attached hydrogens (primary N) is 1. The highest BCUT2D eigenvalue weighted by molar-refractivity contribution is 9.11. The summed E-state index contributed by atoms with van der Waals surface area (Å²) in [4.78, 5) is 0.244. The van der Waals surface area contributed by atoms with E-state index >= 15 is 0 Å². The van der Waals surface area contributed by atoms with Crippen LogP contribution in [0.4, 0.5) is 0 Å². The predicted molar refractivity (Wildman–Crippen MR) is 81.4 cm³/mol. The summed E-state index contributed by atoms with van der Waals surface area (Å²) >= 11 is 6.85. The van der Waals surface area contributed by atoms with E-state index in [0.717, 1.165) is 20.1 Å². The van der Waals surface area contributed by atoms with Gasteiger partial charge in [0.1, 0.15) is 0 Å². The van der Waals surface area contributed by atoms with Gasteiger partial charge in [-0.1, -0.05) is 59.6 Å². The number of rotatable bonds is 3. The number of hydrogen-bond donors (Lipinski definition) is 1.